The van der Waals surface area contributed by atoms with Gasteiger partial charge < -0.3 is 4.74 Å². The highest BCUT2D eigenvalue weighted by molar-refractivity contribution is 6.48. The molecule has 0 radical (unpaired) electrons. The van der Waals surface area contributed by atoms with E-state index in [2.05, 4.69) is 4.74 Å². The Labute approximate surface area is 94.5 Å². The third-order valence-corrected chi connectivity index (χ3v) is 1.88. The predicted octanol–water partition coefficient (Wildman–Crippen LogP) is 3.69. The zero-order valence-electron chi connectivity index (χ0n) is 7.75. The lowest BCUT2D eigenvalue weighted by atomic mass is 10.2. The molecule has 0 aliphatic heterocycles. The molecule has 0 amide bonds. The number of halogens is 4. The van der Waals surface area contributed by atoms with E-state index in [0.29, 0.717) is 5.56 Å². The molecule has 16 heavy (non-hydrogen) atoms. The minimum Gasteiger partial charge on any atom is -0.406 e. The first-order chi connectivity index (χ1) is 7.42. The molecule has 0 unspecified atom stereocenters. The molecule has 6 heteroatoms. The van der Waals surface area contributed by atoms with E-state index >= 15 is 0 Å². The van der Waals surface area contributed by atoms with Gasteiger partial charge in [-0.2, -0.15) is 5.26 Å². The molecule has 84 valence electrons. The Balaban J connectivity index is 2.85. The van der Waals surface area contributed by atoms with Crippen LogP contribution in [0.2, 0.25) is 0 Å². The van der Waals surface area contributed by atoms with Gasteiger partial charge in [0.1, 0.15) is 5.75 Å². The third-order valence-electron chi connectivity index (χ3n) is 1.55. The maximum atomic E-state index is 11.8. The van der Waals surface area contributed by atoms with Crippen LogP contribution < -0.4 is 4.74 Å². The number of rotatable bonds is 2. The standard InChI is InChI=1S/C10H5ClF3NO/c11-9(5-6-15)7-1-3-8(4-2-7)16-10(12,13)14/h1-5H. The number of allylic oxidation sites excluding steroid dienone is 1. The summed E-state index contributed by atoms with van der Waals surface area (Å²) < 4.78 is 39.1. The summed E-state index contributed by atoms with van der Waals surface area (Å²) in [4.78, 5) is 0. The van der Waals surface area contributed by atoms with Crippen molar-refractivity contribution >= 4 is 16.6 Å². The normalized spacial score (nSPS) is 12.1. The average molecular weight is 248 g/mol. The highest BCUT2D eigenvalue weighted by Gasteiger charge is 2.30. The summed E-state index contributed by atoms with van der Waals surface area (Å²) in [6, 6.07) is 6.62. The van der Waals surface area contributed by atoms with Crippen molar-refractivity contribution in [1.82, 2.24) is 0 Å². The van der Waals surface area contributed by atoms with Gasteiger partial charge in [0, 0.05) is 6.08 Å². The van der Waals surface area contributed by atoms with Crippen molar-refractivity contribution in [3.8, 4) is 11.8 Å². The topological polar surface area (TPSA) is 33.0 Å². The Morgan fingerprint density at radius 1 is 1.31 bits per heavy atom. The van der Waals surface area contributed by atoms with E-state index in [0.717, 1.165) is 18.2 Å². The van der Waals surface area contributed by atoms with Crippen molar-refractivity contribution in [2.24, 2.45) is 0 Å². The molecular formula is C10H5ClF3NO. The highest BCUT2D eigenvalue weighted by Crippen LogP contribution is 2.25. The molecule has 0 bridgehead atoms. The first kappa shape index (κ1) is 12.4. The zero-order valence-corrected chi connectivity index (χ0v) is 8.51. The van der Waals surface area contributed by atoms with Gasteiger partial charge in [0.05, 0.1) is 11.1 Å². The fraction of sp³-hybridized carbons (Fsp3) is 0.100. The van der Waals surface area contributed by atoms with Gasteiger partial charge in [-0.05, 0) is 29.8 Å². The van der Waals surface area contributed by atoms with Gasteiger partial charge in [-0.15, -0.1) is 13.2 Å². The lowest BCUT2D eigenvalue weighted by molar-refractivity contribution is -0.274. The summed E-state index contributed by atoms with van der Waals surface area (Å²) in [5.74, 6) is -0.335. The monoisotopic (exact) mass is 247 g/mol. The molecule has 0 spiro atoms. The van der Waals surface area contributed by atoms with E-state index < -0.39 is 6.36 Å². The van der Waals surface area contributed by atoms with Crippen molar-refractivity contribution in [3.63, 3.8) is 0 Å². The molecule has 0 atom stereocenters. The van der Waals surface area contributed by atoms with E-state index in [1.165, 1.54) is 12.1 Å². The number of benzene rings is 1. The largest absolute Gasteiger partial charge is 0.573 e. The molecule has 2 nitrogen and oxygen atoms in total. The fourth-order valence-electron chi connectivity index (χ4n) is 0.956. The van der Waals surface area contributed by atoms with Crippen LogP contribution >= 0.6 is 11.6 Å². The van der Waals surface area contributed by atoms with Crippen LogP contribution in [0.1, 0.15) is 5.56 Å². The van der Waals surface area contributed by atoms with Crippen LogP contribution in [0.3, 0.4) is 0 Å². The molecule has 0 aromatic heterocycles. The second kappa shape index (κ2) is 4.90. The van der Waals surface area contributed by atoms with Crippen LogP contribution in [-0.2, 0) is 0 Å². The smallest absolute Gasteiger partial charge is 0.406 e. The Hall–Kier alpha value is -1.67. The van der Waals surface area contributed by atoms with Crippen molar-refractivity contribution < 1.29 is 17.9 Å². The second-order valence-corrected chi connectivity index (χ2v) is 3.10. The van der Waals surface area contributed by atoms with Crippen LogP contribution in [0.5, 0.6) is 5.75 Å². The number of nitriles is 1. The van der Waals surface area contributed by atoms with Gasteiger partial charge in [0.15, 0.2) is 0 Å². The lowest BCUT2D eigenvalue weighted by Gasteiger charge is -2.08. The quantitative estimate of drug-likeness (QED) is 0.747. The molecule has 0 aliphatic rings. The zero-order chi connectivity index (χ0) is 12.2. The van der Waals surface area contributed by atoms with Gasteiger partial charge in [-0.25, -0.2) is 0 Å². The number of ether oxygens (including phenoxy) is 1. The van der Waals surface area contributed by atoms with Crippen LogP contribution in [0.15, 0.2) is 30.3 Å². The van der Waals surface area contributed by atoms with Gasteiger partial charge in [0.25, 0.3) is 0 Å². The highest BCUT2D eigenvalue weighted by atomic mass is 35.5. The first-order valence-electron chi connectivity index (χ1n) is 4.04. The van der Waals surface area contributed by atoms with Crippen molar-refractivity contribution in [1.29, 1.82) is 5.26 Å². The molecule has 0 aliphatic carbocycles. The molecule has 0 saturated heterocycles. The molecule has 1 aromatic carbocycles. The fourth-order valence-corrected chi connectivity index (χ4v) is 1.13. The number of hydrogen-bond donors (Lipinski definition) is 0. The Kier molecular flexibility index (Phi) is 3.80. The van der Waals surface area contributed by atoms with E-state index in [1.54, 1.807) is 6.07 Å². The van der Waals surface area contributed by atoms with Crippen LogP contribution in [0.25, 0.3) is 5.03 Å². The Morgan fingerprint density at radius 2 is 1.88 bits per heavy atom. The maximum absolute atomic E-state index is 11.8. The number of nitrogens with zero attached hydrogens (tertiary/aromatic N) is 1. The predicted molar refractivity (Wildman–Crippen MR) is 52.6 cm³/mol. The van der Waals surface area contributed by atoms with Crippen molar-refractivity contribution in [2.45, 2.75) is 6.36 Å². The van der Waals surface area contributed by atoms with E-state index in [-0.39, 0.29) is 10.8 Å². The number of hydrogen-bond acceptors (Lipinski definition) is 2. The molecular weight excluding hydrogens is 243 g/mol. The van der Waals surface area contributed by atoms with Crippen molar-refractivity contribution in [3.05, 3.63) is 35.9 Å². The molecule has 1 aromatic rings. The summed E-state index contributed by atoms with van der Waals surface area (Å²) in [6.07, 6.45) is -3.63. The summed E-state index contributed by atoms with van der Waals surface area (Å²) in [6.45, 7) is 0. The summed E-state index contributed by atoms with van der Waals surface area (Å²) in [5.41, 5.74) is 0.442. The molecule has 0 N–H and O–H groups in total. The van der Waals surface area contributed by atoms with Gasteiger partial charge in [0.2, 0.25) is 0 Å². The van der Waals surface area contributed by atoms with E-state index in [9.17, 15) is 13.2 Å². The van der Waals surface area contributed by atoms with Gasteiger partial charge >= 0.3 is 6.36 Å². The van der Waals surface area contributed by atoms with Crippen LogP contribution in [0.4, 0.5) is 13.2 Å². The molecule has 0 fully saturated rings. The van der Waals surface area contributed by atoms with Crippen LogP contribution in [-0.4, -0.2) is 6.36 Å². The van der Waals surface area contributed by atoms with E-state index in [4.69, 9.17) is 16.9 Å². The maximum Gasteiger partial charge on any atom is 0.573 e. The number of alkyl halides is 3. The molecule has 0 heterocycles. The summed E-state index contributed by atoms with van der Waals surface area (Å²) in [7, 11) is 0. The lowest BCUT2D eigenvalue weighted by Crippen LogP contribution is -2.16. The second-order valence-electron chi connectivity index (χ2n) is 2.69. The minimum atomic E-state index is -4.71. The Morgan fingerprint density at radius 3 is 2.31 bits per heavy atom. The first-order valence-corrected chi connectivity index (χ1v) is 4.41. The molecule has 0 saturated carbocycles. The van der Waals surface area contributed by atoms with Gasteiger partial charge in [-0.3, -0.25) is 0 Å². The Bertz CT molecular complexity index is 431. The molecule has 1 rings (SSSR count). The minimum absolute atomic E-state index is 0.154. The van der Waals surface area contributed by atoms with Crippen LogP contribution in [0, 0.1) is 11.3 Å². The SMILES string of the molecule is N#CC=C(Cl)c1ccc(OC(F)(F)F)cc1. The van der Waals surface area contributed by atoms with Gasteiger partial charge in [-0.1, -0.05) is 11.6 Å². The van der Waals surface area contributed by atoms with E-state index in [1.807, 2.05) is 0 Å². The summed E-state index contributed by atoms with van der Waals surface area (Å²) in [5, 5.41) is 8.47. The van der Waals surface area contributed by atoms with Crippen molar-refractivity contribution in [2.75, 3.05) is 0 Å². The third kappa shape index (κ3) is 3.83. The average Bonchev–Trinajstić information content (AvgIpc) is 2.16. The summed E-state index contributed by atoms with van der Waals surface area (Å²) >= 11 is 5.67.